The van der Waals surface area contributed by atoms with Crippen molar-refractivity contribution in [2.75, 3.05) is 12.4 Å². The van der Waals surface area contributed by atoms with Crippen LogP contribution >= 0.6 is 11.8 Å². The van der Waals surface area contributed by atoms with E-state index in [9.17, 15) is 13.2 Å². The maximum atomic E-state index is 11.7. The lowest BCUT2D eigenvalue weighted by atomic mass is 10.2. The average Bonchev–Trinajstić information content (AvgIpc) is 2.28. The molecule has 0 fully saturated rings. The molecule has 0 heterocycles. The third kappa shape index (κ3) is 5.20. The van der Waals surface area contributed by atoms with Gasteiger partial charge in [0.1, 0.15) is 0 Å². The summed E-state index contributed by atoms with van der Waals surface area (Å²) >= 11 is 1.17. The predicted octanol–water partition coefficient (Wildman–Crippen LogP) is 2.37. The molecule has 0 amide bonds. The van der Waals surface area contributed by atoms with E-state index in [-0.39, 0.29) is 16.6 Å². The Labute approximate surface area is 112 Å². The molecule has 0 aliphatic heterocycles. The molecule has 0 aliphatic rings. The fraction of sp³-hybridized carbons (Fsp3) is 0.417. The van der Waals surface area contributed by atoms with E-state index in [0.717, 1.165) is 5.56 Å². The molecule has 0 aromatic heterocycles. The fourth-order valence-electron chi connectivity index (χ4n) is 1.22. The summed E-state index contributed by atoms with van der Waals surface area (Å²) in [6.45, 7) is 3.46. The summed E-state index contributed by atoms with van der Waals surface area (Å²) in [7, 11) is -3.67. The number of rotatable bonds is 6. The largest absolute Gasteiger partial charge is 0.296 e. The van der Waals surface area contributed by atoms with Crippen LogP contribution in [-0.4, -0.2) is 25.9 Å². The van der Waals surface area contributed by atoms with Gasteiger partial charge in [0, 0.05) is 12.7 Å². The van der Waals surface area contributed by atoms with Gasteiger partial charge in [-0.25, -0.2) is 0 Å². The van der Waals surface area contributed by atoms with Crippen LogP contribution in [0, 0.1) is 6.92 Å². The summed E-state index contributed by atoms with van der Waals surface area (Å²) < 4.78 is 28.4. The van der Waals surface area contributed by atoms with Gasteiger partial charge in [0.2, 0.25) is 0 Å². The van der Waals surface area contributed by atoms with Gasteiger partial charge in [-0.1, -0.05) is 29.5 Å². The molecule has 6 heteroatoms. The first kappa shape index (κ1) is 15.2. The minimum Gasteiger partial charge on any atom is -0.288 e. The Morgan fingerprint density at radius 1 is 1.28 bits per heavy atom. The fourth-order valence-corrected chi connectivity index (χ4v) is 2.71. The number of aryl methyl sites for hydroxylation is 1. The summed E-state index contributed by atoms with van der Waals surface area (Å²) in [5.74, 6) is 0.568. The van der Waals surface area contributed by atoms with Crippen LogP contribution in [0.25, 0.3) is 0 Å². The molecule has 4 nitrogen and oxygen atoms in total. The van der Waals surface area contributed by atoms with E-state index in [1.165, 1.54) is 30.8 Å². The van der Waals surface area contributed by atoms with E-state index in [1.54, 1.807) is 12.1 Å². The highest BCUT2D eigenvalue weighted by Gasteiger charge is 2.14. The Morgan fingerprint density at radius 2 is 1.89 bits per heavy atom. The summed E-state index contributed by atoms with van der Waals surface area (Å²) in [4.78, 5) is 10.8. The van der Waals surface area contributed by atoms with Crippen LogP contribution in [0.3, 0.4) is 0 Å². The lowest BCUT2D eigenvalue weighted by Gasteiger charge is -2.05. The summed E-state index contributed by atoms with van der Waals surface area (Å²) in [6.07, 6.45) is 0.523. The van der Waals surface area contributed by atoms with Gasteiger partial charge in [-0.05, 0) is 25.5 Å². The lowest BCUT2D eigenvalue weighted by molar-refractivity contribution is -0.109. The van der Waals surface area contributed by atoms with Crippen LogP contribution in [0.4, 0.5) is 0 Å². The van der Waals surface area contributed by atoms with Crippen molar-refractivity contribution >= 4 is 27.0 Å². The first-order chi connectivity index (χ1) is 8.42. The van der Waals surface area contributed by atoms with Gasteiger partial charge in [-0.15, -0.1) is 0 Å². The normalized spacial score (nSPS) is 11.4. The Hall–Kier alpha value is -0.850. The molecule has 0 radical (unpaired) electrons. The molecule has 0 saturated carbocycles. The second-order valence-electron chi connectivity index (χ2n) is 3.78. The molecule has 1 rings (SSSR count). The number of hydrogen-bond donors (Lipinski definition) is 0. The lowest BCUT2D eigenvalue weighted by Crippen LogP contribution is -2.08. The van der Waals surface area contributed by atoms with Crippen molar-refractivity contribution in [2.45, 2.75) is 25.2 Å². The molecule has 0 aliphatic carbocycles. The first-order valence-corrected chi connectivity index (χ1v) is 7.90. The van der Waals surface area contributed by atoms with E-state index in [2.05, 4.69) is 0 Å². The van der Waals surface area contributed by atoms with Crippen LogP contribution in [0.2, 0.25) is 0 Å². The molecule has 1 aromatic rings. The minimum absolute atomic E-state index is 0.0244. The number of hydrogen-bond acceptors (Lipinski definition) is 5. The van der Waals surface area contributed by atoms with Crippen LogP contribution < -0.4 is 0 Å². The van der Waals surface area contributed by atoms with Gasteiger partial charge >= 0.3 is 0 Å². The molecular formula is C12H16O4S2. The zero-order valence-electron chi connectivity index (χ0n) is 10.4. The smallest absolute Gasteiger partial charge is 0.288 e. The Balaban J connectivity index is 2.45. The third-order valence-corrected chi connectivity index (χ3v) is 4.37. The first-order valence-electron chi connectivity index (χ1n) is 5.51. The highest BCUT2D eigenvalue weighted by atomic mass is 32.2. The van der Waals surface area contributed by atoms with E-state index >= 15 is 0 Å². The molecule has 1 aromatic carbocycles. The van der Waals surface area contributed by atoms with Crippen molar-refractivity contribution < 1.29 is 17.4 Å². The topological polar surface area (TPSA) is 60.4 Å². The van der Waals surface area contributed by atoms with Crippen LogP contribution in [0.15, 0.2) is 29.2 Å². The van der Waals surface area contributed by atoms with Crippen molar-refractivity contribution in [3.8, 4) is 0 Å². The summed E-state index contributed by atoms with van der Waals surface area (Å²) in [5, 5.41) is 0.0244. The van der Waals surface area contributed by atoms with Crippen molar-refractivity contribution in [3.63, 3.8) is 0 Å². The molecule has 0 bridgehead atoms. The zero-order valence-corrected chi connectivity index (χ0v) is 12.0. The summed E-state index contributed by atoms with van der Waals surface area (Å²) in [5.41, 5.74) is 0.992. The van der Waals surface area contributed by atoms with Crippen molar-refractivity contribution in [2.24, 2.45) is 0 Å². The second-order valence-corrected chi connectivity index (χ2v) is 6.67. The van der Waals surface area contributed by atoms with Gasteiger partial charge in [-0.2, -0.15) is 8.42 Å². The average molecular weight is 288 g/mol. The van der Waals surface area contributed by atoms with Crippen molar-refractivity contribution in [1.82, 2.24) is 0 Å². The molecule has 100 valence electrons. The number of carbonyl (C=O) groups excluding carboxylic acids is 1. The maximum Gasteiger partial charge on any atom is 0.296 e. The Bertz CT molecular complexity index is 491. The van der Waals surface area contributed by atoms with Crippen molar-refractivity contribution in [3.05, 3.63) is 29.8 Å². The SMILES string of the molecule is CC(=O)SCCCOS(=O)(=O)c1ccc(C)cc1. The second kappa shape index (κ2) is 6.92. The molecule has 0 saturated heterocycles. The van der Waals surface area contributed by atoms with Gasteiger partial charge in [0.25, 0.3) is 10.1 Å². The van der Waals surface area contributed by atoms with E-state index < -0.39 is 10.1 Å². The van der Waals surface area contributed by atoms with Gasteiger partial charge < -0.3 is 0 Å². The predicted molar refractivity (Wildman–Crippen MR) is 72.1 cm³/mol. The quantitative estimate of drug-likeness (QED) is 0.594. The van der Waals surface area contributed by atoms with Gasteiger partial charge in [-0.3, -0.25) is 8.98 Å². The molecule has 0 unspecified atom stereocenters. The monoisotopic (exact) mass is 288 g/mol. The highest BCUT2D eigenvalue weighted by molar-refractivity contribution is 8.13. The molecule has 0 atom stereocenters. The summed E-state index contributed by atoms with van der Waals surface area (Å²) in [6, 6.07) is 6.49. The third-order valence-electron chi connectivity index (χ3n) is 2.14. The van der Waals surface area contributed by atoms with Crippen LogP contribution in [-0.2, 0) is 19.1 Å². The van der Waals surface area contributed by atoms with Gasteiger partial charge in [0.15, 0.2) is 5.12 Å². The molecular weight excluding hydrogens is 272 g/mol. The van der Waals surface area contributed by atoms with Crippen molar-refractivity contribution in [1.29, 1.82) is 0 Å². The van der Waals surface area contributed by atoms with E-state index in [4.69, 9.17) is 4.18 Å². The maximum absolute atomic E-state index is 11.7. The van der Waals surface area contributed by atoms with Crippen LogP contribution in [0.1, 0.15) is 18.9 Å². The van der Waals surface area contributed by atoms with E-state index in [1.807, 2.05) is 6.92 Å². The molecule has 18 heavy (non-hydrogen) atoms. The highest BCUT2D eigenvalue weighted by Crippen LogP contribution is 2.14. The Kier molecular flexibility index (Phi) is 5.84. The Morgan fingerprint density at radius 3 is 2.44 bits per heavy atom. The van der Waals surface area contributed by atoms with Crippen LogP contribution in [0.5, 0.6) is 0 Å². The number of thioether (sulfide) groups is 1. The van der Waals surface area contributed by atoms with E-state index in [0.29, 0.717) is 12.2 Å². The number of benzene rings is 1. The number of carbonyl (C=O) groups is 1. The van der Waals surface area contributed by atoms with Gasteiger partial charge in [0.05, 0.1) is 11.5 Å². The minimum atomic E-state index is -3.67. The zero-order chi connectivity index (χ0) is 13.6. The molecule has 0 N–H and O–H groups in total. The standard InChI is InChI=1S/C12H16O4S2/c1-10-4-6-12(7-5-10)18(14,15)16-8-3-9-17-11(2)13/h4-7H,3,8-9H2,1-2H3. The molecule has 0 spiro atoms.